The van der Waals surface area contributed by atoms with Crippen molar-refractivity contribution in [3.63, 3.8) is 0 Å². The first-order valence-electron chi connectivity index (χ1n) is 9.00. The Morgan fingerprint density at radius 3 is 2.65 bits per heavy atom. The third-order valence-corrected chi connectivity index (χ3v) is 4.77. The Kier molecular flexibility index (Phi) is 6.25. The van der Waals surface area contributed by atoms with Gasteiger partial charge in [0.2, 0.25) is 5.91 Å². The molecule has 0 atom stereocenters. The van der Waals surface area contributed by atoms with E-state index in [2.05, 4.69) is 24.7 Å². The number of carbonyl (C=O) groups is 1. The maximum atomic E-state index is 12.3. The summed E-state index contributed by atoms with van der Waals surface area (Å²) in [5, 5.41) is 2.94. The highest BCUT2D eigenvalue weighted by atomic mass is 16.5. The van der Waals surface area contributed by atoms with Gasteiger partial charge in [0.1, 0.15) is 11.6 Å². The number of nitrogens with zero attached hydrogens (tertiary/aromatic N) is 4. The van der Waals surface area contributed by atoms with Crippen LogP contribution in [0.1, 0.15) is 5.82 Å². The van der Waals surface area contributed by atoms with Gasteiger partial charge in [-0.25, -0.2) is 4.98 Å². The first-order chi connectivity index (χ1) is 12.6. The molecule has 1 N–H and O–H groups in total. The van der Waals surface area contributed by atoms with Crippen LogP contribution in [0.2, 0.25) is 0 Å². The molecule has 140 valence electrons. The van der Waals surface area contributed by atoms with Gasteiger partial charge in [-0.2, -0.15) is 0 Å². The largest absolute Gasteiger partial charge is 0.497 e. The van der Waals surface area contributed by atoms with Crippen molar-refractivity contribution in [2.45, 2.75) is 13.5 Å². The summed E-state index contributed by atoms with van der Waals surface area (Å²) in [5.41, 5.74) is 0.767. The highest BCUT2D eigenvalue weighted by Crippen LogP contribution is 2.16. The molecule has 2 heterocycles. The number of imidazole rings is 1. The molecule has 0 aliphatic carbocycles. The number of methoxy groups -OCH3 is 1. The lowest BCUT2D eigenvalue weighted by molar-refractivity contribution is -0.117. The van der Waals surface area contributed by atoms with Crippen LogP contribution in [-0.2, 0) is 11.3 Å². The van der Waals surface area contributed by atoms with Crippen LogP contribution in [0.5, 0.6) is 5.75 Å². The summed E-state index contributed by atoms with van der Waals surface area (Å²) in [5.74, 6) is 1.81. The van der Waals surface area contributed by atoms with Crippen molar-refractivity contribution >= 4 is 11.6 Å². The van der Waals surface area contributed by atoms with E-state index in [1.165, 1.54) is 0 Å². The van der Waals surface area contributed by atoms with E-state index in [-0.39, 0.29) is 5.91 Å². The topological polar surface area (TPSA) is 62.6 Å². The Morgan fingerprint density at radius 1 is 1.19 bits per heavy atom. The summed E-state index contributed by atoms with van der Waals surface area (Å²) < 4.78 is 7.36. The van der Waals surface area contributed by atoms with Gasteiger partial charge < -0.3 is 14.6 Å². The highest BCUT2D eigenvalue weighted by Gasteiger charge is 2.19. The van der Waals surface area contributed by atoms with Crippen LogP contribution in [0.4, 0.5) is 5.69 Å². The molecule has 1 fully saturated rings. The van der Waals surface area contributed by atoms with Crippen LogP contribution in [0.25, 0.3) is 0 Å². The Labute approximate surface area is 154 Å². The molecule has 0 radical (unpaired) electrons. The number of aromatic nitrogens is 2. The number of benzene rings is 1. The summed E-state index contributed by atoms with van der Waals surface area (Å²) in [4.78, 5) is 21.2. The first-order valence-corrected chi connectivity index (χ1v) is 9.00. The molecule has 1 aromatic heterocycles. The Hall–Kier alpha value is -2.38. The Balaban J connectivity index is 1.39. The van der Waals surface area contributed by atoms with Crippen molar-refractivity contribution in [1.82, 2.24) is 19.4 Å². The molecule has 1 amide bonds. The van der Waals surface area contributed by atoms with Gasteiger partial charge in [-0.3, -0.25) is 14.6 Å². The molecular weight excluding hydrogens is 330 g/mol. The summed E-state index contributed by atoms with van der Waals surface area (Å²) in [6.07, 6.45) is 3.86. The van der Waals surface area contributed by atoms with Crippen LogP contribution in [0, 0.1) is 6.92 Å². The number of aryl methyl sites for hydroxylation is 1. The molecule has 7 heteroatoms. The van der Waals surface area contributed by atoms with E-state index < -0.39 is 0 Å². The normalized spacial score (nSPS) is 15.8. The van der Waals surface area contributed by atoms with E-state index in [9.17, 15) is 4.79 Å². The van der Waals surface area contributed by atoms with Gasteiger partial charge in [0, 0.05) is 63.4 Å². The summed E-state index contributed by atoms with van der Waals surface area (Å²) in [6.45, 7) is 8.22. The second-order valence-corrected chi connectivity index (χ2v) is 6.57. The van der Waals surface area contributed by atoms with Gasteiger partial charge in [-0.15, -0.1) is 0 Å². The number of piperazine rings is 1. The Morgan fingerprint density at radius 2 is 1.96 bits per heavy atom. The molecule has 3 rings (SSSR count). The van der Waals surface area contributed by atoms with Gasteiger partial charge in [0.15, 0.2) is 0 Å². The first kappa shape index (κ1) is 18.4. The SMILES string of the molecule is COc1cccc(NC(=O)CN2CCN(CCn3ccnc3C)CC2)c1. The van der Waals surface area contributed by atoms with Crippen LogP contribution < -0.4 is 10.1 Å². The fraction of sp³-hybridized carbons (Fsp3) is 0.474. The zero-order valence-corrected chi connectivity index (χ0v) is 15.5. The molecule has 1 aromatic carbocycles. The van der Waals surface area contributed by atoms with Crippen molar-refractivity contribution < 1.29 is 9.53 Å². The third kappa shape index (κ3) is 5.06. The maximum Gasteiger partial charge on any atom is 0.238 e. The maximum absolute atomic E-state index is 12.3. The fourth-order valence-electron chi connectivity index (χ4n) is 3.16. The van der Waals surface area contributed by atoms with E-state index in [0.717, 1.165) is 56.5 Å². The molecular formula is C19H27N5O2. The quantitative estimate of drug-likeness (QED) is 0.813. The zero-order valence-electron chi connectivity index (χ0n) is 15.5. The molecule has 0 unspecified atom stereocenters. The summed E-state index contributed by atoms with van der Waals surface area (Å²) in [6, 6.07) is 7.43. The molecule has 26 heavy (non-hydrogen) atoms. The van der Waals surface area contributed by atoms with E-state index >= 15 is 0 Å². The van der Waals surface area contributed by atoms with Crippen LogP contribution >= 0.6 is 0 Å². The van der Waals surface area contributed by atoms with E-state index in [1.54, 1.807) is 7.11 Å². The van der Waals surface area contributed by atoms with Gasteiger partial charge in [0.25, 0.3) is 0 Å². The van der Waals surface area contributed by atoms with Crippen molar-refractivity contribution in [3.8, 4) is 5.75 Å². The van der Waals surface area contributed by atoms with Crippen molar-refractivity contribution in [2.75, 3.05) is 51.7 Å². The van der Waals surface area contributed by atoms with E-state index in [1.807, 2.05) is 43.6 Å². The lowest BCUT2D eigenvalue weighted by Gasteiger charge is -2.34. The van der Waals surface area contributed by atoms with Crippen molar-refractivity contribution in [2.24, 2.45) is 0 Å². The number of nitrogens with one attached hydrogen (secondary N) is 1. The third-order valence-electron chi connectivity index (χ3n) is 4.77. The lowest BCUT2D eigenvalue weighted by atomic mass is 10.3. The lowest BCUT2D eigenvalue weighted by Crippen LogP contribution is -2.49. The number of amides is 1. The monoisotopic (exact) mass is 357 g/mol. The minimum atomic E-state index is 0.0146. The number of hydrogen-bond acceptors (Lipinski definition) is 5. The number of carbonyl (C=O) groups excluding carboxylic acids is 1. The van der Waals surface area contributed by atoms with Gasteiger partial charge in [-0.05, 0) is 19.1 Å². The molecule has 1 aliphatic heterocycles. The molecule has 2 aromatic rings. The average Bonchev–Trinajstić information content (AvgIpc) is 3.06. The molecule has 0 bridgehead atoms. The Bertz CT molecular complexity index is 722. The second kappa shape index (κ2) is 8.82. The predicted octanol–water partition coefficient (Wildman–Crippen LogP) is 1.46. The smallest absolute Gasteiger partial charge is 0.238 e. The van der Waals surface area contributed by atoms with E-state index in [0.29, 0.717) is 6.54 Å². The molecule has 1 aliphatic rings. The molecule has 0 spiro atoms. The summed E-state index contributed by atoms with van der Waals surface area (Å²) in [7, 11) is 1.62. The van der Waals surface area contributed by atoms with Crippen LogP contribution in [0.15, 0.2) is 36.7 Å². The second-order valence-electron chi connectivity index (χ2n) is 6.57. The average molecular weight is 357 g/mol. The predicted molar refractivity (Wildman–Crippen MR) is 101 cm³/mol. The highest BCUT2D eigenvalue weighted by molar-refractivity contribution is 5.92. The zero-order chi connectivity index (χ0) is 18.4. The minimum Gasteiger partial charge on any atom is -0.497 e. The van der Waals surface area contributed by atoms with Crippen molar-refractivity contribution in [1.29, 1.82) is 0 Å². The van der Waals surface area contributed by atoms with Gasteiger partial charge >= 0.3 is 0 Å². The fourth-order valence-corrected chi connectivity index (χ4v) is 3.16. The van der Waals surface area contributed by atoms with Gasteiger partial charge in [0.05, 0.1) is 13.7 Å². The molecule has 0 saturated carbocycles. The van der Waals surface area contributed by atoms with Gasteiger partial charge in [-0.1, -0.05) is 6.07 Å². The van der Waals surface area contributed by atoms with Crippen LogP contribution in [0.3, 0.4) is 0 Å². The molecule has 1 saturated heterocycles. The number of rotatable bonds is 7. The molecule has 7 nitrogen and oxygen atoms in total. The minimum absolute atomic E-state index is 0.0146. The van der Waals surface area contributed by atoms with Crippen molar-refractivity contribution in [3.05, 3.63) is 42.5 Å². The number of hydrogen-bond donors (Lipinski definition) is 1. The summed E-state index contributed by atoms with van der Waals surface area (Å²) >= 11 is 0. The standard InChI is InChI=1S/C19H27N5O2/c1-16-20-6-7-24(16)13-12-22-8-10-23(11-9-22)15-19(25)21-17-4-3-5-18(14-17)26-2/h3-7,14H,8-13,15H2,1-2H3,(H,21,25). The number of ether oxygens (including phenoxy) is 1. The number of anilines is 1. The van der Waals surface area contributed by atoms with E-state index in [4.69, 9.17) is 4.74 Å². The van der Waals surface area contributed by atoms with Crippen LogP contribution in [-0.4, -0.2) is 71.6 Å².